The highest BCUT2D eigenvalue weighted by Crippen LogP contribution is 2.24. The van der Waals surface area contributed by atoms with Crippen molar-refractivity contribution in [1.82, 2.24) is 0 Å². The molecule has 1 unspecified atom stereocenters. The van der Waals surface area contributed by atoms with Crippen molar-refractivity contribution in [3.63, 3.8) is 0 Å². The zero-order valence-corrected chi connectivity index (χ0v) is 10.6. The first-order valence-corrected chi connectivity index (χ1v) is 6.27. The van der Waals surface area contributed by atoms with Crippen LogP contribution in [0, 0.1) is 5.92 Å². The van der Waals surface area contributed by atoms with Gasteiger partial charge in [0.25, 0.3) is 0 Å². The van der Waals surface area contributed by atoms with Crippen LogP contribution in [0.4, 0.5) is 0 Å². The molecule has 2 rings (SSSR count). The molecule has 1 aromatic rings. The van der Waals surface area contributed by atoms with Gasteiger partial charge in [0.2, 0.25) is 0 Å². The predicted octanol–water partition coefficient (Wildman–Crippen LogP) is 3.30. The lowest BCUT2D eigenvalue weighted by atomic mass is 9.91. The van der Waals surface area contributed by atoms with E-state index in [0.29, 0.717) is 12.5 Å². The second-order valence-corrected chi connectivity index (χ2v) is 4.81. The van der Waals surface area contributed by atoms with E-state index in [1.165, 1.54) is 11.6 Å². The predicted molar refractivity (Wildman–Crippen MR) is 69.5 cm³/mol. The van der Waals surface area contributed by atoms with Crippen molar-refractivity contribution >= 4 is 5.97 Å². The Kier molecular flexibility index (Phi) is 4.03. The Labute approximate surface area is 107 Å². The van der Waals surface area contributed by atoms with Crippen molar-refractivity contribution in [2.45, 2.75) is 26.2 Å². The van der Waals surface area contributed by atoms with Crippen LogP contribution in [0.1, 0.15) is 36.5 Å². The standard InChI is InChI=1S/C15H18O3/c1-11-6-8-12(9-7-11)10-18-15(17)13-4-2-3-5-14(13)16/h2-6,12,16H,7-10H2,1H3. The molecule has 1 N–H and O–H groups in total. The molecule has 18 heavy (non-hydrogen) atoms. The molecule has 0 saturated carbocycles. The van der Waals surface area contributed by atoms with Crippen molar-refractivity contribution in [1.29, 1.82) is 0 Å². The third-order valence-electron chi connectivity index (χ3n) is 3.32. The second-order valence-electron chi connectivity index (χ2n) is 4.81. The topological polar surface area (TPSA) is 46.5 Å². The van der Waals surface area contributed by atoms with E-state index in [2.05, 4.69) is 13.0 Å². The second kappa shape index (κ2) is 5.71. The van der Waals surface area contributed by atoms with E-state index in [1.807, 2.05) is 0 Å². The quantitative estimate of drug-likeness (QED) is 0.657. The first-order chi connectivity index (χ1) is 8.66. The summed E-state index contributed by atoms with van der Waals surface area (Å²) in [6, 6.07) is 6.45. The number of aromatic hydroxyl groups is 1. The average Bonchev–Trinajstić information content (AvgIpc) is 2.38. The number of carbonyl (C=O) groups is 1. The number of carbonyl (C=O) groups excluding carboxylic acids is 1. The van der Waals surface area contributed by atoms with Gasteiger partial charge in [-0.1, -0.05) is 23.8 Å². The fourth-order valence-corrected chi connectivity index (χ4v) is 2.09. The number of phenolic OH excluding ortho intramolecular Hbond substituents is 1. The van der Waals surface area contributed by atoms with Gasteiger partial charge < -0.3 is 9.84 Å². The molecule has 1 aromatic carbocycles. The summed E-state index contributed by atoms with van der Waals surface area (Å²) in [7, 11) is 0. The van der Waals surface area contributed by atoms with E-state index in [1.54, 1.807) is 18.2 Å². The fraction of sp³-hybridized carbons (Fsp3) is 0.400. The van der Waals surface area contributed by atoms with E-state index in [4.69, 9.17) is 4.74 Å². The Bertz CT molecular complexity index is 463. The minimum absolute atomic E-state index is 0.0260. The summed E-state index contributed by atoms with van der Waals surface area (Å²) >= 11 is 0. The molecule has 0 radical (unpaired) electrons. The molecule has 1 aliphatic rings. The van der Waals surface area contributed by atoms with Gasteiger partial charge in [-0.2, -0.15) is 0 Å². The van der Waals surface area contributed by atoms with Gasteiger partial charge in [0.15, 0.2) is 0 Å². The van der Waals surface area contributed by atoms with E-state index >= 15 is 0 Å². The molecule has 1 aliphatic carbocycles. The van der Waals surface area contributed by atoms with Gasteiger partial charge in [0, 0.05) is 0 Å². The summed E-state index contributed by atoms with van der Waals surface area (Å²) < 4.78 is 5.26. The summed E-state index contributed by atoms with van der Waals surface area (Å²) in [4.78, 5) is 11.8. The summed E-state index contributed by atoms with van der Waals surface area (Å²) in [5, 5.41) is 9.54. The van der Waals surface area contributed by atoms with Crippen LogP contribution in [0.5, 0.6) is 5.75 Å². The fourth-order valence-electron chi connectivity index (χ4n) is 2.09. The minimum Gasteiger partial charge on any atom is -0.507 e. The van der Waals surface area contributed by atoms with Crippen LogP contribution in [-0.2, 0) is 4.74 Å². The molecule has 0 aromatic heterocycles. The molecule has 0 heterocycles. The Morgan fingerprint density at radius 1 is 1.44 bits per heavy atom. The van der Waals surface area contributed by atoms with Gasteiger partial charge in [-0.25, -0.2) is 4.79 Å². The van der Waals surface area contributed by atoms with Crippen LogP contribution in [0.2, 0.25) is 0 Å². The summed E-state index contributed by atoms with van der Waals surface area (Å²) in [5.41, 5.74) is 1.65. The van der Waals surface area contributed by atoms with E-state index < -0.39 is 5.97 Å². The van der Waals surface area contributed by atoms with Crippen molar-refractivity contribution in [2.75, 3.05) is 6.61 Å². The van der Waals surface area contributed by atoms with Crippen molar-refractivity contribution in [2.24, 2.45) is 5.92 Å². The third kappa shape index (κ3) is 3.13. The molecule has 0 aliphatic heterocycles. The summed E-state index contributed by atoms with van der Waals surface area (Å²) in [5.74, 6) is -0.0650. The maximum absolute atomic E-state index is 11.8. The van der Waals surface area contributed by atoms with Crippen LogP contribution in [0.15, 0.2) is 35.9 Å². The summed E-state index contributed by atoms with van der Waals surface area (Å²) in [6.45, 7) is 2.56. The smallest absolute Gasteiger partial charge is 0.341 e. The van der Waals surface area contributed by atoms with Gasteiger partial charge in [-0.15, -0.1) is 0 Å². The SMILES string of the molecule is CC1=CCC(COC(=O)c2ccccc2O)CC1. The van der Waals surface area contributed by atoms with Crippen molar-refractivity contribution in [3.05, 3.63) is 41.5 Å². The molecule has 0 amide bonds. The lowest BCUT2D eigenvalue weighted by molar-refractivity contribution is 0.0428. The average molecular weight is 246 g/mol. The largest absolute Gasteiger partial charge is 0.507 e. The first kappa shape index (κ1) is 12.7. The number of ether oxygens (including phenoxy) is 1. The van der Waals surface area contributed by atoms with Crippen LogP contribution < -0.4 is 0 Å². The number of rotatable bonds is 3. The number of hydrogen-bond donors (Lipinski definition) is 1. The first-order valence-electron chi connectivity index (χ1n) is 6.27. The Morgan fingerprint density at radius 2 is 2.22 bits per heavy atom. The number of allylic oxidation sites excluding steroid dienone is 2. The molecule has 0 bridgehead atoms. The van der Waals surface area contributed by atoms with Crippen molar-refractivity contribution < 1.29 is 14.6 Å². The van der Waals surface area contributed by atoms with Gasteiger partial charge in [-0.05, 0) is 44.2 Å². The summed E-state index contributed by atoms with van der Waals surface area (Å²) in [6.07, 6.45) is 5.33. The van der Waals surface area contributed by atoms with E-state index in [0.717, 1.165) is 19.3 Å². The van der Waals surface area contributed by atoms with Gasteiger partial charge in [-0.3, -0.25) is 0 Å². The Hall–Kier alpha value is -1.77. The lowest BCUT2D eigenvalue weighted by Gasteiger charge is -2.20. The van der Waals surface area contributed by atoms with Crippen LogP contribution in [-0.4, -0.2) is 17.7 Å². The third-order valence-corrected chi connectivity index (χ3v) is 3.32. The van der Waals surface area contributed by atoms with E-state index in [-0.39, 0.29) is 11.3 Å². The number of para-hydroxylation sites is 1. The molecule has 3 nitrogen and oxygen atoms in total. The van der Waals surface area contributed by atoms with Crippen molar-refractivity contribution in [3.8, 4) is 5.75 Å². The van der Waals surface area contributed by atoms with Crippen LogP contribution in [0.3, 0.4) is 0 Å². The van der Waals surface area contributed by atoms with Crippen LogP contribution in [0.25, 0.3) is 0 Å². The van der Waals surface area contributed by atoms with Gasteiger partial charge >= 0.3 is 5.97 Å². The van der Waals surface area contributed by atoms with Crippen LogP contribution >= 0.6 is 0 Å². The molecular formula is C15H18O3. The number of hydrogen-bond acceptors (Lipinski definition) is 3. The Morgan fingerprint density at radius 3 is 2.89 bits per heavy atom. The number of benzene rings is 1. The maximum atomic E-state index is 11.8. The molecular weight excluding hydrogens is 228 g/mol. The molecule has 0 saturated heterocycles. The number of esters is 1. The maximum Gasteiger partial charge on any atom is 0.341 e. The molecule has 1 atom stereocenters. The lowest BCUT2D eigenvalue weighted by Crippen LogP contribution is -2.16. The molecule has 0 spiro atoms. The highest BCUT2D eigenvalue weighted by Gasteiger charge is 2.17. The highest BCUT2D eigenvalue weighted by atomic mass is 16.5. The number of phenols is 1. The highest BCUT2D eigenvalue weighted by molar-refractivity contribution is 5.92. The van der Waals surface area contributed by atoms with Gasteiger partial charge in [0.1, 0.15) is 11.3 Å². The minimum atomic E-state index is -0.445. The zero-order valence-electron chi connectivity index (χ0n) is 10.6. The zero-order chi connectivity index (χ0) is 13.0. The molecule has 96 valence electrons. The normalized spacial score (nSPS) is 19.2. The molecule has 0 fully saturated rings. The molecule has 3 heteroatoms. The Balaban J connectivity index is 1.88. The van der Waals surface area contributed by atoms with E-state index in [9.17, 15) is 9.90 Å². The van der Waals surface area contributed by atoms with Gasteiger partial charge in [0.05, 0.1) is 6.61 Å². The monoisotopic (exact) mass is 246 g/mol.